The second-order valence-electron chi connectivity index (χ2n) is 10.2. The van der Waals surface area contributed by atoms with E-state index in [1.165, 1.54) is 30.4 Å². The van der Waals surface area contributed by atoms with Gasteiger partial charge in [-0.1, -0.05) is 42.5 Å². The second-order valence-corrected chi connectivity index (χ2v) is 10.2. The number of piperidine rings is 1. The summed E-state index contributed by atoms with van der Waals surface area (Å²) in [6.45, 7) is 2.17. The normalized spacial score (nSPS) is 21.9. The van der Waals surface area contributed by atoms with E-state index >= 15 is 0 Å². The molecule has 1 unspecified atom stereocenters. The highest BCUT2D eigenvalue weighted by Gasteiger charge is 2.42. The number of likely N-dealkylation sites (N-methyl/N-ethyl adjacent to an activating group) is 1. The van der Waals surface area contributed by atoms with Gasteiger partial charge in [-0.05, 0) is 93.1 Å². The van der Waals surface area contributed by atoms with Crippen molar-refractivity contribution in [1.82, 2.24) is 9.80 Å². The standard InChI is InChI=1S/C28H35N3O/c1-30(2)21-27(32)31-15-13-28(14-16-31,19-22-7-6-8-23(17-22)20-29)12-11-25-18-26(25)24-9-4-3-5-10-24/h3-10,17,25-26H,11-16,18-19,21H2,1-2H3/t25-,26?/m1/s1. The molecular weight excluding hydrogens is 394 g/mol. The molecule has 4 nitrogen and oxygen atoms in total. The van der Waals surface area contributed by atoms with E-state index in [0.29, 0.717) is 6.54 Å². The van der Waals surface area contributed by atoms with E-state index < -0.39 is 0 Å². The SMILES string of the molecule is CN(C)CC(=O)N1CCC(CC[C@@H]2CC2c2ccccc2)(Cc2cccc(C#N)c2)CC1. The minimum Gasteiger partial charge on any atom is -0.342 e. The van der Waals surface area contributed by atoms with E-state index in [2.05, 4.69) is 48.5 Å². The van der Waals surface area contributed by atoms with Crippen LogP contribution in [-0.2, 0) is 11.2 Å². The number of benzene rings is 2. The lowest BCUT2D eigenvalue weighted by Gasteiger charge is -2.43. The molecule has 1 heterocycles. The molecule has 2 fully saturated rings. The summed E-state index contributed by atoms with van der Waals surface area (Å²) in [5.74, 6) is 1.74. The third-order valence-corrected chi connectivity index (χ3v) is 7.46. The summed E-state index contributed by atoms with van der Waals surface area (Å²) >= 11 is 0. The first-order valence-electron chi connectivity index (χ1n) is 11.9. The Hall–Kier alpha value is -2.64. The zero-order valence-corrected chi connectivity index (χ0v) is 19.5. The molecule has 2 aliphatic rings. The largest absolute Gasteiger partial charge is 0.342 e. The Morgan fingerprint density at radius 1 is 1.12 bits per heavy atom. The van der Waals surface area contributed by atoms with Crippen LogP contribution < -0.4 is 0 Å². The smallest absolute Gasteiger partial charge is 0.236 e. The van der Waals surface area contributed by atoms with Crippen LogP contribution in [0.25, 0.3) is 0 Å². The predicted molar refractivity (Wildman–Crippen MR) is 128 cm³/mol. The number of likely N-dealkylation sites (tertiary alicyclic amines) is 1. The number of hydrogen-bond donors (Lipinski definition) is 0. The molecular formula is C28H35N3O. The molecule has 168 valence electrons. The summed E-state index contributed by atoms with van der Waals surface area (Å²) in [5, 5.41) is 9.32. The van der Waals surface area contributed by atoms with Crippen LogP contribution in [0.2, 0.25) is 0 Å². The third kappa shape index (κ3) is 5.58. The van der Waals surface area contributed by atoms with Crippen molar-refractivity contribution in [3.63, 3.8) is 0 Å². The Morgan fingerprint density at radius 2 is 1.88 bits per heavy atom. The van der Waals surface area contributed by atoms with E-state index in [1.807, 2.05) is 36.0 Å². The Kier molecular flexibility index (Phi) is 6.96. The molecule has 2 atom stereocenters. The first-order valence-corrected chi connectivity index (χ1v) is 11.9. The first kappa shape index (κ1) is 22.6. The van der Waals surface area contributed by atoms with Gasteiger partial charge in [-0.2, -0.15) is 5.26 Å². The summed E-state index contributed by atoms with van der Waals surface area (Å²) in [6.07, 6.45) is 6.85. The van der Waals surface area contributed by atoms with Crippen molar-refractivity contribution in [2.24, 2.45) is 11.3 Å². The maximum absolute atomic E-state index is 12.6. The van der Waals surface area contributed by atoms with Crippen molar-refractivity contribution in [3.05, 3.63) is 71.3 Å². The lowest BCUT2D eigenvalue weighted by atomic mass is 9.70. The molecule has 32 heavy (non-hydrogen) atoms. The highest BCUT2D eigenvalue weighted by Crippen LogP contribution is 2.52. The zero-order valence-electron chi connectivity index (χ0n) is 19.5. The van der Waals surface area contributed by atoms with Crippen molar-refractivity contribution in [2.75, 3.05) is 33.7 Å². The van der Waals surface area contributed by atoms with Crippen LogP contribution in [0.5, 0.6) is 0 Å². The molecule has 0 spiro atoms. The fourth-order valence-corrected chi connectivity index (χ4v) is 5.47. The number of rotatable bonds is 8. The van der Waals surface area contributed by atoms with Gasteiger partial charge in [0.25, 0.3) is 0 Å². The molecule has 1 saturated heterocycles. The van der Waals surface area contributed by atoms with Gasteiger partial charge in [0.2, 0.25) is 5.91 Å². The second kappa shape index (κ2) is 9.88. The molecule has 0 radical (unpaired) electrons. The Bertz CT molecular complexity index is 954. The van der Waals surface area contributed by atoms with Gasteiger partial charge in [0.1, 0.15) is 0 Å². The average molecular weight is 430 g/mol. The minimum absolute atomic E-state index is 0.215. The van der Waals surface area contributed by atoms with E-state index in [1.54, 1.807) is 0 Å². The molecule has 0 aromatic heterocycles. The fourth-order valence-electron chi connectivity index (χ4n) is 5.47. The summed E-state index contributed by atoms with van der Waals surface area (Å²) in [4.78, 5) is 16.6. The first-order chi connectivity index (χ1) is 15.5. The number of hydrogen-bond acceptors (Lipinski definition) is 3. The fraction of sp³-hybridized carbons (Fsp3) is 0.500. The van der Waals surface area contributed by atoms with E-state index in [9.17, 15) is 10.1 Å². The van der Waals surface area contributed by atoms with Crippen LogP contribution in [-0.4, -0.2) is 49.4 Å². The van der Waals surface area contributed by atoms with Gasteiger partial charge < -0.3 is 9.80 Å². The van der Waals surface area contributed by atoms with Crippen LogP contribution in [0.1, 0.15) is 54.7 Å². The summed E-state index contributed by atoms with van der Waals surface area (Å²) in [5.41, 5.74) is 3.69. The van der Waals surface area contributed by atoms with Gasteiger partial charge in [0, 0.05) is 13.1 Å². The third-order valence-electron chi connectivity index (χ3n) is 7.46. The summed E-state index contributed by atoms with van der Waals surface area (Å²) < 4.78 is 0. The zero-order chi connectivity index (χ0) is 22.6. The van der Waals surface area contributed by atoms with Gasteiger partial charge in [-0.15, -0.1) is 0 Å². The van der Waals surface area contributed by atoms with E-state index in [-0.39, 0.29) is 11.3 Å². The predicted octanol–water partition coefficient (Wildman–Crippen LogP) is 4.86. The van der Waals surface area contributed by atoms with Gasteiger partial charge in [-0.25, -0.2) is 0 Å². The number of carbonyl (C=O) groups is 1. The van der Waals surface area contributed by atoms with Crippen molar-refractivity contribution >= 4 is 5.91 Å². The maximum atomic E-state index is 12.6. The number of amides is 1. The van der Waals surface area contributed by atoms with Crippen molar-refractivity contribution < 1.29 is 4.79 Å². The highest BCUT2D eigenvalue weighted by atomic mass is 16.2. The average Bonchev–Trinajstić information content (AvgIpc) is 3.58. The number of nitrogens with zero attached hydrogens (tertiary/aromatic N) is 3. The molecule has 4 heteroatoms. The molecule has 0 bridgehead atoms. The van der Waals surface area contributed by atoms with Gasteiger partial charge >= 0.3 is 0 Å². The summed E-state index contributed by atoms with van der Waals surface area (Å²) in [7, 11) is 3.90. The van der Waals surface area contributed by atoms with Crippen molar-refractivity contribution in [3.8, 4) is 6.07 Å². The molecule has 0 N–H and O–H groups in total. The highest BCUT2D eigenvalue weighted by molar-refractivity contribution is 5.78. The number of carbonyl (C=O) groups excluding carboxylic acids is 1. The Balaban J connectivity index is 1.43. The maximum Gasteiger partial charge on any atom is 0.236 e. The molecule has 1 amide bonds. The lowest BCUT2D eigenvalue weighted by Crippen LogP contribution is -2.46. The molecule has 2 aromatic rings. The molecule has 2 aromatic carbocycles. The summed E-state index contributed by atoms with van der Waals surface area (Å²) in [6, 6.07) is 21.3. The van der Waals surface area contributed by atoms with Crippen LogP contribution in [0.15, 0.2) is 54.6 Å². The Labute approximate surface area is 192 Å². The number of nitriles is 1. The van der Waals surface area contributed by atoms with Crippen LogP contribution >= 0.6 is 0 Å². The van der Waals surface area contributed by atoms with Gasteiger partial charge in [0.05, 0.1) is 18.2 Å². The van der Waals surface area contributed by atoms with Crippen LogP contribution in [0.3, 0.4) is 0 Å². The molecule has 1 saturated carbocycles. The molecule has 4 rings (SSSR count). The van der Waals surface area contributed by atoms with Gasteiger partial charge in [0.15, 0.2) is 0 Å². The van der Waals surface area contributed by atoms with E-state index in [0.717, 1.165) is 49.8 Å². The van der Waals surface area contributed by atoms with Crippen LogP contribution in [0, 0.1) is 22.7 Å². The monoisotopic (exact) mass is 429 g/mol. The molecule has 1 aliphatic heterocycles. The van der Waals surface area contributed by atoms with Crippen molar-refractivity contribution in [2.45, 2.75) is 44.4 Å². The topological polar surface area (TPSA) is 47.3 Å². The van der Waals surface area contributed by atoms with Crippen molar-refractivity contribution in [1.29, 1.82) is 5.26 Å². The lowest BCUT2D eigenvalue weighted by molar-refractivity contribution is -0.134. The van der Waals surface area contributed by atoms with Gasteiger partial charge in [-0.3, -0.25) is 4.79 Å². The minimum atomic E-state index is 0.215. The quantitative estimate of drug-likeness (QED) is 0.602. The molecule has 1 aliphatic carbocycles. The van der Waals surface area contributed by atoms with Crippen LogP contribution in [0.4, 0.5) is 0 Å². The Morgan fingerprint density at radius 3 is 2.56 bits per heavy atom. The van der Waals surface area contributed by atoms with E-state index in [4.69, 9.17) is 0 Å².